The molecule has 0 bridgehead atoms. The highest BCUT2D eigenvalue weighted by Crippen LogP contribution is 2.46. The van der Waals surface area contributed by atoms with Crippen LogP contribution in [-0.4, -0.2) is 13.7 Å². The molecule has 0 unspecified atom stereocenters. The lowest BCUT2D eigenvalue weighted by atomic mass is 9.67. The summed E-state index contributed by atoms with van der Waals surface area (Å²) < 4.78 is 5.84. The Bertz CT molecular complexity index is 459. The molecule has 0 radical (unpaired) electrons. The van der Waals surface area contributed by atoms with E-state index in [9.17, 15) is 0 Å². The summed E-state index contributed by atoms with van der Waals surface area (Å²) in [4.78, 5) is 0. The number of hydrogen-bond acceptors (Lipinski definition) is 2. The van der Waals surface area contributed by atoms with E-state index in [-0.39, 0.29) is 5.41 Å². The number of rotatable bonds is 4. The number of benzene rings is 1. The Labute approximate surface area is 123 Å². The molecule has 0 atom stereocenters. The molecular formula is C18H29NO. The topological polar surface area (TPSA) is 35.2 Å². The van der Waals surface area contributed by atoms with Crippen molar-refractivity contribution < 1.29 is 4.74 Å². The zero-order valence-electron chi connectivity index (χ0n) is 13.5. The predicted octanol–water partition coefficient (Wildman–Crippen LogP) is 4.29. The molecule has 2 rings (SSSR count). The summed E-state index contributed by atoms with van der Waals surface area (Å²) >= 11 is 0. The van der Waals surface area contributed by atoms with Gasteiger partial charge in [-0.2, -0.15) is 0 Å². The van der Waals surface area contributed by atoms with E-state index in [1.54, 1.807) is 7.11 Å². The van der Waals surface area contributed by atoms with E-state index >= 15 is 0 Å². The lowest BCUT2D eigenvalue weighted by molar-refractivity contribution is 0.285. The van der Waals surface area contributed by atoms with Gasteiger partial charge in [0.1, 0.15) is 5.75 Å². The third kappa shape index (κ3) is 2.58. The van der Waals surface area contributed by atoms with Crippen molar-refractivity contribution in [3.8, 4) is 5.75 Å². The monoisotopic (exact) mass is 275 g/mol. The molecule has 1 fully saturated rings. The number of nitrogens with two attached hydrogens (primary N) is 1. The molecule has 1 aromatic rings. The van der Waals surface area contributed by atoms with Crippen LogP contribution >= 0.6 is 0 Å². The zero-order chi connectivity index (χ0) is 14.8. The molecule has 0 saturated heterocycles. The number of aryl methyl sites for hydroxylation is 1. The van der Waals surface area contributed by atoms with Gasteiger partial charge in [-0.3, -0.25) is 0 Å². The van der Waals surface area contributed by atoms with Gasteiger partial charge in [0, 0.05) is 17.5 Å². The van der Waals surface area contributed by atoms with Gasteiger partial charge in [-0.1, -0.05) is 45.2 Å². The van der Waals surface area contributed by atoms with Crippen LogP contribution in [0.15, 0.2) is 12.1 Å². The molecule has 1 saturated carbocycles. The van der Waals surface area contributed by atoms with Crippen molar-refractivity contribution in [2.75, 3.05) is 13.7 Å². The van der Waals surface area contributed by atoms with Gasteiger partial charge in [0.2, 0.25) is 0 Å². The summed E-state index contributed by atoms with van der Waals surface area (Å²) in [6.07, 6.45) is 6.30. The largest absolute Gasteiger partial charge is 0.496 e. The van der Waals surface area contributed by atoms with E-state index in [2.05, 4.69) is 32.9 Å². The molecule has 2 nitrogen and oxygen atoms in total. The molecule has 1 aliphatic rings. The predicted molar refractivity (Wildman–Crippen MR) is 85.6 cm³/mol. The molecule has 112 valence electrons. The molecule has 0 aliphatic heterocycles. The van der Waals surface area contributed by atoms with E-state index in [4.69, 9.17) is 10.5 Å². The molecule has 1 aliphatic carbocycles. The normalized spacial score (nSPS) is 18.3. The van der Waals surface area contributed by atoms with Gasteiger partial charge in [0.05, 0.1) is 7.11 Å². The zero-order valence-corrected chi connectivity index (χ0v) is 13.5. The highest BCUT2D eigenvalue weighted by atomic mass is 16.5. The Morgan fingerprint density at radius 3 is 2.35 bits per heavy atom. The second kappa shape index (κ2) is 6.17. The number of methoxy groups -OCH3 is 1. The first-order valence-electron chi connectivity index (χ1n) is 7.94. The van der Waals surface area contributed by atoms with Gasteiger partial charge in [0.15, 0.2) is 0 Å². The first-order chi connectivity index (χ1) is 9.55. The fourth-order valence-corrected chi connectivity index (χ4v) is 3.82. The van der Waals surface area contributed by atoms with Crippen molar-refractivity contribution in [2.45, 2.75) is 64.2 Å². The highest BCUT2D eigenvalue weighted by Gasteiger charge is 2.37. The maximum absolute atomic E-state index is 6.23. The van der Waals surface area contributed by atoms with Crippen molar-refractivity contribution in [1.82, 2.24) is 0 Å². The number of hydrogen-bond donors (Lipinski definition) is 1. The minimum atomic E-state index is 0.124. The Balaban J connectivity index is 2.61. The summed E-state index contributed by atoms with van der Waals surface area (Å²) in [6.45, 7) is 7.39. The molecule has 2 N–H and O–H groups in total. The van der Waals surface area contributed by atoms with Gasteiger partial charge in [-0.25, -0.2) is 0 Å². The van der Waals surface area contributed by atoms with Crippen LogP contribution in [0, 0.1) is 6.92 Å². The highest BCUT2D eigenvalue weighted by molar-refractivity contribution is 5.52. The standard InChI is InChI=1S/C18H29NO/c1-13(2)15-9-8-14(3)16(17(15)20-4)18(12-19)10-6-5-7-11-18/h8-9,13H,5-7,10-12,19H2,1-4H3. The first kappa shape index (κ1) is 15.4. The summed E-state index contributed by atoms with van der Waals surface area (Å²) in [5, 5.41) is 0. The lowest BCUT2D eigenvalue weighted by Gasteiger charge is -2.39. The van der Waals surface area contributed by atoms with E-state index < -0.39 is 0 Å². The van der Waals surface area contributed by atoms with Crippen molar-refractivity contribution in [1.29, 1.82) is 0 Å². The van der Waals surface area contributed by atoms with Gasteiger partial charge in [0.25, 0.3) is 0 Å². The average molecular weight is 275 g/mol. The Kier molecular flexibility index (Phi) is 4.74. The lowest BCUT2D eigenvalue weighted by Crippen LogP contribution is -2.38. The van der Waals surface area contributed by atoms with Crippen molar-refractivity contribution in [3.63, 3.8) is 0 Å². The number of ether oxygens (including phenoxy) is 1. The summed E-state index contributed by atoms with van der Waals surface area (Å²) in [6, 6.07) is 4.47. The first-order valence-corrected chi connectivity index (χ1v) is 7.94. The Morgan fingerprint density at radius 1 is 1.20 bits per heavy atom. The second-order valence-electron chi connectivity index (χ2n) is 6.58. The average Bonchev–Trinajstić information content (AvgIpc) is 2.47. The van der Waals surface area contributed by atoms with Crippen LogP contribution in [0.1, 0.15) is 68.6 Å². The van der Waals surface area contributed by atoms with Crippen LogP contribution in [0.5, 0.6) is 5.75 Å². The summed E-state index contributed by atoms with van der Waals surface area (Å²) in [5.74, 6) is 1.56. The van der Waals surface area contributed by atoms with Crippen molar-refractivity contribution >= 4 is 0 Å². The van der Waals surface area contributed by atoms with Crippen LogP contribution in [0.2, 0.25) is 0 Å². The minimum Gasteiger partial charge on any atom is -0.496 e. The molecule has 0 heterocycles. The van der Waals surface area contributed by atoms with Gasteiger partial charge in [-0.15, -0.1) is 0 Å². The van der Waals surface area contributed by atoms with E-state index in [1.165, 1.54) is 48.8 Å². The Hall–Kier alpha value is -1.02. The van der Waals surface area contributed by atoms with Crippen molar-refractivity contribution in [2.24, 2.45) is 5.73 Å². The van der Waals surface area contributed by atoms with Gasteiger partial charge in [-0.05, 0) is 36.8 Å². The molecular weight excluding hydrogens is 246 g/mol. The smallest absolute Gasteiger partial charge is 0.126 e. The quantitative estimate of drug-likeness (QED) is 0.889. The molecule has 0 aromatic heterocycles. The third-order valence-electron chi connectivity index (χ3n) is 4.95. The SMILES string of the molecule is COc1c(C(C)C)ccc(C)c1C1(CN)CCCCC1. The van der Waals surface area contributed by atoms with Gasteiger partial charge >= 0.3 is 0 Å². The van der Waals surface area contributed by atoms with E-state index in [1.807, 2.05) is 0 Å². The van der Waals surface area contributed by atoms with E-state index in [0.29, 0.717) is 5.92 Å². The molecule has 0 spiro atoms. The maximum atomic E-state index is 6.23. The van der Waals surface area contributed by atoms with Crippen LogP contribution in [0.3, 0.4) is 0 Å². The van der Waals surface area contributed by atoms with Crippen LogP contribution in [0.25, 0.3) is 0 Å². The Morgan fingerprint density at radius 2 is 1.85 bits per heavy atom. The third-order valence-corrected chi connectivity index (χ3v) is 4.95. The van der Waals surface area contributed by atoms with Crippen LogP contribution in [0.4, 0.5) is 0 Å². The molecule has 20 heavy (non-hydrogen) atoms. The maximum Gasteiger partial charge on any atom is 0.126 e. The fraction of sp³-hybridized carbons (Fsp3) is 0.667. The molecule has 0 amide bonds. The molecule has 2 heteroatoms. The van der Waals surface area contributed by atoms with E-state index in [0.717, 1.165) is 12.3 Å². The van der Waals surface area contributed by atoms with Crippen LogP contribution < -0.4 is 10.5 Å². The minimum absolute atomic E-state index is 0.124. The molecule has 1 aromatic carbocycles. The summed E-state index contributed by atoms with van der Waals surface area (Å²) in [5.41, 5.74) is 10.4. The van der Waals surface area contributed by atoms with Crippen LogP contribution in [-0.2, 0) is 5.41 Å². The van der Waals surface area contributed by atoms with Gasteiger partial charge < -0.3 is 10.5 Å². The fourth-order valence-electron chi connectivity index (χ4n) is 3.82. The second-order valence-corrected chi connectivity index (χ2v) is 6.58. The summed E-state index contributed by atoms with van der Waals surface area (Å²) in [7, 11) is 1.80. The van der Waals surface area contributed by atoms with Crippen molar-refractivity contribution in [3.05, 3.63) is 28.8 Å².